The van der Waals surface area contributed by atoms with Crippen LogP contribution in [0.5, 0.6) is 11.5 Å². The molecule has 3 aromatic rings. The van der Waals surface area contributed by atoms with E-state index in [9.17, 15) is 4.79 Å². The summed E-state index contributed by atoms with van der Waals surface area (Å²) in [7, 11) is 3.17. The van der Waals surface area contributed by atoms with Crippen LogP contribution < -0.4 is 20.1 Å². The largest absolute Gasteiger partial charge is 0.497 e. The number of nitriles is 1. The third kappa shape index (κ3) is 4.19. The highest BCUT2D eigenvalue weighted by molar-refractivity contribution is 6.03. The fraction of sp³-hybridized carbons (Fsp3) is 0.0952. The van der Waals surface area contributed by atoms with Crippen molar-refractivity contribution in [3.63, 3.8) is 0 Å². The molecule has 0 aliphatic carbocycles. The van der Waals surface area contributed by atoms with E-state index in [-0.39, 0.29) is 5.69 Å². The van der Waals surface area contributed by atoms with Crippen LogP contribution in [0, 0.1) is 11.3 Å². The van der Waals surface area contributed by atoms with Crippen LogP contribution in [0.4, 0.5) is 17.1 Å². The second-order valence-electron chi connectivity index (χ2n) is 5.73. The number of para-hydroxylation sites is 1. The van der Waals surface area contributed by atoms with Crippen LogP contribution in [0.1, 0.15) is 16.1 Å². The minimum absolute atomic E-state index is 0.232. The number of benzene rings is 2. The summed E-state index contributed by atoms with van der Waals surface area (Å²) >= 11 is 0. The molecule has 2 aromatic carbocycles. The Morgan fingerprint density at radius 1 is 1.04 bits per heavy atom. The summed E-state index contributed by atoms with van der Waals surface area (Å²) in [6.45, 7) is 0. The average Bonchev–Trinajstić information content (AvgIpc) is 2.74. The summed E-state index contributed by atoms with van der Waals surface area (Å²) in [5.74, 6) is 0.937. The van der Waals surface area contributed by atoms with E-state index in [0.717, 1.165) is 0 Å². The van der Waals surface area contributed by atoms with Crippen molar-refractivity contribution in [3.05, 3.63) is 72.1 Å². The lowest BCUT2D eigenvalue weighted by Gasteiger charge is -2.13. The van der Waals surface area contributed by atoms with Crippen molar-refractivity contribution < 1.29 is 14.3 Å². The maximum absolute atomic E-state index is 12.4. The van der Waals surface area contributed by atoms with Gasteiger partial charge in [-0.1, -0.05) is 12.1 Å². The minimum Gasteiger partial charge on any atom is -0.497 e. The number of hydrogen-bond donors (Lipinski definition) is 2. The number of ether oxygens (including phenoxy) is 2. The van der Waals surface area contributed by atoms with Gasteiger partial charge in [0.2, 0.25) is 0 Å². The molecule has 1 amide bonds. The van der Waals surface area contributed by atoms with Gasteiger partial charge >= 0.3 is 0 Å². The number of rotatable bonds is 6. The first kappa shape index (κ1) is 18.7. The van der Waals surface area contributed by atoms with Crippen molar-refractivity contribution in [1.29, 1.82) is 5.26 Å². The molecule has 0 unspecified atom stereocenters. The number of nitrogens with zero attached hydrogens (tertiary/aromatic N) is 2. The van der Waals surface area contributed by atoms with Crippen LogP contribution in [0.2, 0.25) is 0 Å². The molecular formula is C21H18N4O3. The highest BCUT2D eigenvalue weighted by Crippen LogP contribution is 2.31. The summed E-state index contributed by atoms with van der Waals surface area (Å²) in [6, 6.07) is 17.6. The molecule has 0 atom stereocenters. The number of amides is 1. The zero-order chi connectivity index (χ0) is 19.9. The number of aromatic nitrogens is 1. The van der Waals surface area contributed by atoms with Crippen molar-refractivity contribution >= 4 is 23.0 Å². The minimum atomic E-state index is -0.395. The molecule has 7 heteroatoms. The van der Waals surface area contributed by atoms with E-state index in [2.05, 4.69) is 15.6 Å². The fourth-order valence-corrected chi connectivity index (χ4v) is 2.55. The third-order valence-electron chi connectivity index (χ3n) is 3.98. The molecule has 0 spiro atoms. The molecule has 0 radical (unpaired) electrons. The first-order chi connectivity index (χ1) is 13.6. The van der Waals surface area contributed by atoms with Gasteiger partial charge in [0, 0.05) is 6.07 Å². The normalized spacial score (nSPS) is 9.89. The van der Waals surface area contributed by atoms with Gasteiger partial charge in [0.1, 0.15) is 23.3 Å². The summed E-state index contributed by atoms with van der Waals surface area (Å²) in [5, 5.41) is 15.0. The first-order valence-electron chi connectivity index (χ1n) is 8.40. The molecule has 0 fully saturated rings. The van der Waals surface area contributed by atoms with Crippen molar-refractivity contribution in [2.24, 2.45) is 0 Å². The standard InChI is InChI=1S/C21H18N4O3/c1-27-16-8-10-20(28-2)19(11-16)24-15-7-9-18(23-13-15)21(26)25-17-6-4-3-5-14(17)12-22/h3-11,13,24H,1-2H3,(H,25,26). The zero-order valence-electron chi connectivity index (χ0n) is 15.4. The Morgan fingerprint density at radius 3 is 2.54 bits per heavy atom. The maximum atomic E-state index is 12.4. The highest BCUT2D eigenvalue weighted by atomic mass is 16.5. The molecule has 0 aliphatic heterocycles. The predicted molar refractivity (Wildman–Crippen MR) is 106 cm³/mol. The maximum Gasteiger partial charge on any atom is 0.274 e. The van der Waals surface area contributed by atoms with Crippen LogP contribution in [-0.2, 0) is 0 Å². The summed E-state index contributed by atoms with van der Waals surface area (Å²) in [5.41, 5.74) is 2.46. The summed E-state index contributed by atoms with van der Waals surface area (Å²) in [4.78, 5) is 16.6. The number of pyridine rings is 1. The third-order valence-corrected chi connectivity index (χ3v) is 3.98. The van der Waals surface area contributed by atoms with Gasteiger partial charge in [-0.3, -0.25) is 4.79 Å². The molecule has 0 aliphatic rings. The highest BCUT2D eigenvalue weighted by Gasteiger charge is 2.11. The number of carbonyl (C=O) groups excluding carboxylic acids is 1. The Labute approximate surface area is 162 Å². The quantitative estimate of drug-likeness (QED) is 0.678. The van der Waals surface area contributed by atoms with Gasteiger partial charge in [-0.05, 0) is 36.4 Å². The van der Waals surface area contributed by atoms with Crippen molar-refractivity contribution in [1.82, 2.24) is 4.98 Å². The molecule has 3 rings (SSSR count). The van der Waals surface area contributed by atoms with Crippen LogP contribution in [0.3, 0.4) is 0 Å². The van der Waals surface area contributed by atoms with E-state index in [0.29, 0.717) is 34.1 Å². The average molecular weight is 374 g/mol. The van der Waals surface area contributed by atoms with E-state index < -0.39 is 5.91 Å². The SMILES string of the molecule is COc1ccc(OC)c(Nc2ccc(C(=O)Nc3ccccc3C#N)nc2)c1. The van der Waals surface area contributed by atoms with Crippen molar-refractivity contribution in [3.8, 4) is 17.6 Å². The summed E-state index contributed by atoms with van der Waals surface area (Å²) < 4.78 is 10.6. The van der Waals surface area contributed by atoms with Crippen molar-refractivity contribution in [2.45, 2.75) is 0 Å². The Balaban J connectivity index is 1.75. The van der Waals surface area contributed by atoms with E-state index in [4.69, 9.17) is 14.7 Å². The molecular weight excluding hydrogens is 356 g/mol. The molecule has 7 nitrogen and oxygen atoms in total. The van der Waals surface area contributed by atoms with Gasteiger partial charge in [-0.2, -0.15) is 5.26 Å². The molecule has 0 saturated carbocycles. The number of methoxy groups -OCH3 is 2. The number of anilines is 3. The second kappa shape index (κ2) is 8.56. The fourth-order valence-electron chi connectivity index (χ4n) is 2.55. The van der Waals surface area contributed by atoms with Crippen molar-refractivity contribution in [2.75, 3.05) is 24.9 Å². The van der Waals surface area contributed by atoms with E-state index >= 15 is 0 Å². The lowest BCUT2D eigenvalue weighted by molar-refractivity contribution is 0.102. The van der Waals surface area contributed by atoms with E-state index in [1.165, 1.54) is 0 Å². The molecule has 28 heavy (non-hydrogen) atoms. The number of carbonyl (C=O) groups is 1. The molecule has 1 aromatic heterocycles. The molecule has 140 valence electrons. The van der Waals surface area contributed by atoms with Gasteiger partial charge in [0.05, 0.1) is 43.0 Å². The van der Waals surface area contributed by atoms with Gasteiger partial charge in [-0.15, -0.1) is 0 Å². The zero-order valence-corrected chi connectivity index (χ0v) is 15.4. The first-order valence-corrected chi connectivity index (χ1v) is 8.40. The van der Waals surface area contributed by atoms with Crippen LogP contribution in [0.25, 0.3) is 0 Å². The van der Waals surface area contributed by atoms with Crippen LogP contribution >= 0.6 is 0 Å². The van der Waals surface area contributed by atoms with Crippen LogP contribution in [-0.4, -0.2) is 25.1 Å². The molecule has 0 saturated heterocycles. The Hall–Kier alpha value is -4.05. The Bertz CT molecular complexity index is 1030. The van der Waals surface area contributed by atoms with Gasteiger partial charge in [0.15, 0.2) is 0 Å². The monoisotopic (exact) mass is 374 g/mol. The number of nitrogens with one attached hydrogen (secondary N) is 2. The van der Waals surface area contributed by atoms with E-state index in [1.807, 2.05) is 6.07 Å². The second-order valence-corrected chi connectivity index (χ2v) is 5.73. The van der Waals surface area contributed by atoms with Crippen LogP contribution in [0.15, 0.2) is 60.8 Å². The lowest BCUT2D eigenvalue weighted by atomic mass is 10.2. The molecule has 2 N–H and O–H groups in total. The topological polar surface area (TPSA) is 96.3 Å². The van der Waals surface area contributed by atoms with E-state index in [1.54, 1.807) is 75.0 Å². The lowest BCUT2D eigenvalue weighted by Crippen LogP contribution is -2.14. The smallest absolute Gasteiger partial charge is 0.274 e. The van der Waals surface area contributed by atoms with Gasteiger partial charge < -0.3 is 20.1 Å². The summed E-state index contributed by atoms with van der Waals surface area (Å²) in [6.07, 6.45) is 1.55. The number of hydrogen-bond acceptors (Lipinski definition) is 6. The van der Waals surface area contributed by atoms with Gasteiger partial charge in [0.25, 0.3) is 5.91 Å². The molecule has 0 bridgehead atoms. The Kier molecular flexibility index (Phi) is 5.72. The van der Waals surface area contributed by atoms with Gasteiger partial charge in [-0.25, -0.2) is 4.98 Å². The molecule has 1 heterocycles. The predicted octanol–water partition coefficient (Wildman–Crippen LogP) is 3.97. The Morgan fingerprint density at radius 2 is 1.86 bits per heavy atom.